The lowest BCUT2D eigenvalue weighted by molar-refractivity contribution is -0.0932. The van der Waals surface area contributed by atoms with Crippen LogP contribution in [0.1, 0.15) is 30.9 Å². The van der Waals surface area contributed by atoms with Crippen LogP contribution in [0.2, 0.25) is 0 Å². The van der Waals surface area contributed by atoms with E-state index in [1.807, 2.05) is 13.0 Å². The lowest BCUT2D eigenvalue weighted by Gasteiger charge is -2.44. The molecule has 1 aliphatic rings. The van der Waals surface area contributed by atoms with Gasteiger partial charge in [-0.25, -0.2) is 4.39 Å². The molecule has 1 fully saturated rings. The SMILES string of the molecule is Cc1ccc(C2(O)CCC2C)cc1F. The molecule has 0 saturated heterocycles. The van der Waals surface area contributed by atoms with E-state index in [2.05, 4.69) is 0 Å². The molecule has 2 unspecified atom stereocenters. The fourth-order valence-corrected chi connectivity index (χ4v) is 2.00. The number of benzene rings is 1. The van der Waals surface area contributed by atoms with E-state index in [0.29, 0.717) is 5.56 Å². The smallest absolute Gasteiger partial charge is 0.126 e. The van der Waals surface area contributed by atoms with Crippen molar-refractivity contribution in [3.8, 4) is 0 Å². The summed E-state index contributed by atoms with van der Waals surface area (Å²) in [5.41, 5.74) is 0.567. The standard InChI is InChI=1S/C12H15FO/c1-8-3-4-10(7-11(8)13)12(14)6-5-9(12)2/h3-4,7,9,14H,5-6H2,1-2H3. The molecule has 0 heterocycles. The molecule has 0 amide bonds. The molecule has 2 atom stereocenters. The van der Waals surface area contributed by atoms with Crippen LogP contribution >= 0.6 is 0 Å². The van der Waals surface area contributed by atoms with E-state index < -0.39 is 5.60 Å². The molecular formula is C12H15FO. The Balaban J connectivity index is 2.37. The van der Waals surface area contributed by atoms with Crippen LogP contribution in [-0.2, 0) is 5.60 Å². The molecule has 0 bridgehead atoms. The van der Waals surface area contributed by atoms with E-state index in [9.17, 15) is 9.50 Å². The molecule has 2 rings (SSSR count). The van der Waals surface area contributed by atoms with E-state index in [4.69, 9.17) is 0 Å². The van der Waals surface area contributed by atoms with Crippen LogP contribution in [0, 0.1) is 18.7 Å². The van der Waals surface area contributed by atoms with E-state index in [1.54, 1.807) is 13.0 Å². The number of halogens is 1. The first kappa shape index (κ1) is 9.66. The first-order chi connectivity index (χ1) is 6.54. The van der Waals surface area contributed by atoms with Gasteiger partial charge in [0.1, 0.15) is 5.82 Å². The van der Waals surface area contributed by atoms with Crippen LogP contribution in [0.15, 0.2) is 18.2 Å². The van der Waals surface area contributed by atoms with Gasteiger partial charge in [0.2, 0.25) is 0 Å². The van der Waals surface area contributed by atoms with Gasteiger partial charge in [-0.3, -0.25) is 0 Å². The highest BCUT2D eigenvalue weighted by Gasteiger charge is 2.43. The van der Waals surface area contributed by atoms with Crippen molar-refractivity contribution in [2.75, 3.05) is 0 Å². The first-order valence-electron chi connectivity index (χ1n) is 5.03. The molecule has 1 aliphatic carbocycles. The Hall–Kier alpha value is -0.890. The highest BCUT2D eigenvalue weighted by atomic mass is 19.1. The zero-order valence-corrected chi connectivity index (χ0v) is 8.55. The maximum absolute atomic E-state index is 13.3. The van der Waals surface area contributed by atoms with E-state index in [0.717, 1.165) is 18.4 Å². The fourth-order valence-electron chi connectivity index (χ4n) is 2.00. The molecule has 76 valence electrons. The summed E-state index contributed by atoms with van der Waals surface area (Å²) in [5, 5.41) is 10.2. The Bertz CT molecular complexity index is 361. The number of hydrogen-bond acceptors (Lipinski definition) is 1. The Morgan fingerprint density at radius 3 is 2.64 bits per heavy atom. The molecule has 1 saturated carbocycles. The summed E-state index contributed by atoms with van der Waals surface area (Å²) in [6.07, 6.45) is 1.77. The Kier molecular flexibility index (Phi) is 2.11. The van der Waals surface area contributed by atoms with Gasteiger partial charge in [-0.05, 0) is 42.9 Å². The van der Waals surface area contributed by atoms with Crippen LogP contribution in [0.3, 0.4) is 0 Å². The number of hydrogen-bond donors (Lipinski definition) is 1. The third-order valence-corrected chi connectivity index (χ3v) is 3.45. The molecule has 0 aromatic heterocycles. The highest BCUT2D eigenvalue weighted by Crippen LogP contribution is 2.46. The van der Waals surface area contributed by atoms with Gasteiger partial charge in [-0.1, -0.05) is 19.1 Å². The van der Waals surface area contributed by atoms with Gasteiger partial charge < -0.3 is 5.11 Å². The number of aryl methyl sites for hydroxylation is 1. The van der Waals surface area contributed by atoms with Gasteiger partial charge in [0.05, 0.1) is 5.60 Å². The summed E-state index contributed by atoms with van der Waals surface area (Å²) in [7, 11) is 0. The molecule has 1 aromatic carbocycles. The molecule has 0 aliphatic heterocycles. The summed E-state index contributed by atoms with van der Waals surface area (Å²) in [4.78, 5) is 0. The van der Waals surface area contributed by atoms with Crippen molar-refractivity contribution >= 4 is 0 Å². The fraction of sp³-hybridized carbons (Fsp3) is 0.500. The molecule has 14 heavy (non-hydrogen) atoms. The zero-order chi connectivity index (χ0) is 10.3. The lowest BCUT2D eigenvalue weighted by Crippen LogP contribution is -2.42. The predicted molar refractivity (Wildman–Crippen MR) is 53.4 cm³/mol. The number of rotatable bonds is 1. The third-order valence-electron chi connectivity index (χ3n) is 3.45. The highest BCUT2D eigenvalue weighted by molar-refractivity contribution is 5.30. The van der Waals surface area contributed by atoms with Crippen LogP contribution in [0.25, 0.3) is 0 Å². The van der Waals surface area contributed by atoms with Crippen molar-refractivity contribution in [3.63, 3.8) is 0 Å². The van der Waals surface area contributed by atoms with Crippen molar-refractivity contribution in [2.45, 2.75) is 32.3 Å². The zero-order valence-electron chi connectivity index (χ0n) is 8.55. The van der Waals surface area contributed by atoms with Gasteiger partial charge in [0.15, 0.2) is 0 Å². The molecule has 1 nitrogen and oxygen atoms in total. The second-order valence-corrected chi connectivity index (χ2v) is 4.33. The summed E-state index contributed by atoms with van der Waals surface area (Å²) < 4.78 is 13.3. The predicted octanol–water partition coefficient (Wildman–Crippen LogP) is 2.75. The molecule has 0 radical (unpaired) electrons. The maximum atomic E-state index is 13.3. The van der Waals surface area contributed by atoms with Crippen LogP contribution in [-0.4, -0.2) is 5.11 Å². The number of aliphatic hydroxyl groups is 1. The van der Waals surface area contributed by atoms with Crippen LogP contribution in [0.4, 0.5) is 4.39 Å². The lowest BCUT2D eigenvalue weighted by atomic mass is 9.67. The first-order valence-corrected chi connectivity index (χ1v) is 5.03. The maximum Gasteiger partial charge on any atom is 0.126 e. The third kappa shape index (κ3) is 1.25. The van der Waals surface area contributed by atoms with Gasteiger partial charge in [-0.2, -0.15) is 0 Å². The summed E-state index contributed by atoms with van der Waals surface area (Å²) in [6.45, 7) is 3.73. The Labute approximate surface area is 83.6 Å². The molecular weight excluding hydrogens is 179 g/mol. The molecule has 1 N–H and O–H groups in total. The summed E-state index contributed by atoms with van der Waals surface area (Å²) in [6, 6.07) is 5.02. The Morgan fingerprint density at radius 2 is 2.21 bits per heavy atom. The average molecular weight is 194 g/mol. The second kappa shape index (κ2) is 3.06. The summed E-state index contributed by atoms with van der Waals surface area (Å²) >= 11 is 0. The van der Waals surface area contributed by atoms with E-state index in [-0.39, 0.29) is 11.7 Å². The van der Waals surface area contributed by atoms with Crippen LogP contribution in [0.5, 0.6) is 0 Å². The van der Waals surface area contributed by atoms with Gasteiger partial charge in [0.25, 0.3) is 0 Å². The van der Waals surface area contributed by atoms with Gasteiger partial charge in [-0.15, -0.1) is 0 Å². The van der Waals surface area contributed by atoms with Crippen LogP contribution < -0.4 is 0 Å². The topological polar surface area (TPSA) is 20.2 Å². The molecule has 1 aromatic rings. The second-order valence-electron chi connectivity index (χ2n) is 4.33. The normalized spacial score (nSPS) is 31.3. The molecule has 0 spiro atoms. The van der Waals surface area contributed by atoms with Crippen molar-refractivity contribution < 1.29 is 9.50 Å². The minimum absolute atomic E-state index is 0.227. The van der Waals surface area contributed by atoms with Crippen molar-refractivity contribution in [3.05, 3.63) is 35.1 Å². The van der Waals surface area contributed by atoms with Gasteiger partial charge in [0, 0.05) is 0 Å². The molecule has 2 heteroatoms. The Morgan fingerprint density at radius 1 is 1.50 bits per heavy atom. The van der Waals surface area contributed by atoms with Crippen molar-refractivity contribution in [1.29, 1.82) is 0 Å². The largest absolute Gasteiger partial charge is 0.385 e. The average Bonchev–Trinajstić information content (AvgIpc) is 2.18. The van der Waals surface area contributed by atoms with E-state index in [1.165, 1.54) is 6.07 Å². The minimum Gasteiger partial charge on any atom is -0.385 e. The van der Waals surface area contributed by atoms with E-state index >= 15 is 0 Å². The summed E-state index contributed by atoms with van der Waals surface area (Å²) in [5.74, 6) is 0.0135. The minimum atomic E-state index is -0.783. The van der Waals surface area contributed by atoms with Crippen molar-refractivity contribution in [1.82, 2.24) is 0 Å². The van der Waals surface area contributed by atoms with Crippen molar-refractivity contribution in [2.24, 2.45) is 5.92 Å². The van der Waals surface area contributed by atoms with Gasteiger partial charge >= 0.3 is 0 Å². The quantitative estimate of drug-likeness (QED) is 0.728. The monoisotopic (exact) mass is 194 g/mol.